The summed E-state index contributed by atoms with van der Waals surface area (Å²) in [6.45, 7) is 5.64. The van der Waals surface area contributed by atoms with Gasteiger partial charge in [0.05, 0.1) is 4.92 Å². The SMILES string of the molecule is CCC(N)(CC)CNC(=O)c1c([N+](=O)[O-])c(C)nn1C.Cl. The van der Waals surface area contributed by atoms with Crippen molar-refractivity contribution in [3.05, 3.63) is 21.5 Å². The van der Waals surface area contributed by atoms with Crippen LogP contribution in [0.1, 0.15) is 42.9 Å². The molecule has 0 saturated carbocycles. The van der Waals surface area contributed by atoms with Gasteiger partial charge in [-0.2, -0.15) is 5.10 Å². The van der Waals surface area contributed by atoms with Gasteiger partial charge in [-0.05, 0) is 19.8 Å². The van der Waals surface area contributed by atoms with E-state index in [0.717, 1.165) is 0 Å². The average Bonchev–Trinajstić information content (AvgIpc) is 2.70. The monoisotopic (exact) mass is 319 g/mol. The van der Waals surface area contributed by atoms with Crippen LogP contribution in [0.5, 0.6) is 0 Å². The third-order valence-corrected chi connectivity index (χ3v) is 3.60. The van der Waals surface area contributed by atoms with Crippen molar-refractivity contribution >= 4 is 24.0 Å². The zero-order valence-electron chi connectivity index (χ0n) is 12.7. The lowest BCUT2D eigenvalue weighted by atomic mass is 9.94. The summed E-state index contributed by atoms with van der Waals surface area (Å²) in [5, 5.41) is 17.6. The minimum Gasteiger partial charge on any atom is -0.349 e. The molecular weight excluding hydrogens is 298 g/mol. The first-order valence-corrected chi connectivity index (χ1v) is 6.50. The molecule has 1 heterocycles. The summed E-state index contributed by atoms with van der Waals surface area (Å²) in [6, 6.07) is 0. The number of hydrogen-bond acceptors (Lipinski definition) is 5. The number of halogens is 1. The largest absolute Gasteiger partial charge is 0.349 e. The third kappa shape index (κ3) is 4.15. The Hall–Kier alpha value is -1.67. The Kier molecular flexibility index (Phi) is 6.78. The zero-order chi connectivity index (χ0) is 15.5. The predicted octanol–water partition coefficient (Wildman–Crippen LogP) is 1.31. The van der Waals surface area contributed by atoms with Crippen molar-refractivity contribution in [1.82, 2.24) is 15.1 Å². The molecule has 0 aromatic carbocycles. The van der Waals surface area contributed by atoms with E-state index in [1.54, 1.807) is 0 Å². The first-order valence-electron chi connectivity index (χ1n) is 6.50. The standard InChI is InChI=1S/C12H21N5O3.ClH/c1-5-12(13,6-2)7-14-11(18)10-9(17(19)20)8(3)15-16(10)4;/h5-7,13H2,1-4H3,(H,14,18);1H. The van der Waals surface area contributed by atoms with E-state index >= 15 is 0 Å². The van der Waals surface area contributed by atoms with E-state index in [2.05, 4.69) is 10.4 Å². The minimum atomic E-state index is -0.591. The summed E-state index contributed by atoms with van der Waals surface area (Å²) in [4.78, 5) is 22.6. The number of nitrogens with one attached hydrogen (secondary N) is 1. The highest BCUT2D eigenvalue weighted by atomic mass is 35.5. The molecule has 0 aliphatic heterocycles. The normalized spacial score (nSPS) is 10.9. The number of nitrogens with zero attached hydrogens (tertiary/aromatic N) is 3. The van der Waals surface area contributed by atoms with E-state index in [-0.39, 0.29) is 36.0 Å². The predicted molar refractivity (Wildman–Crippen MR) is 81.7 cm³/mol. The lowest BCUT2D eigenvalue weighted by molar-refractivity contribution is -0.385. The van der Waals surface area contributed by atoms with Crippen molar-refractivity contribution in [3.8, 4) is 0 Å². The van der Waals surface area contributed by atoms with Crippen LogP contribution in [0.2, 0.25) is 0 Å². The lowest BCUT2D eigenvalue weighted by Gasteiger charge is -2.26. The van der Waals surface area contributed by atoms with E-state index in [0.29, 0.717) is 12.8 Å². The molecule has 1 aromatic heterocycles. The molecule has 0 atom stereocenters. The maximum Gasteiger partial charge on any atom is 0.322 e. The number of nitro groups is 1. The second kappa shape index (κ2) is 7.37. The highest BCUT2D eigenvalue weighted by Gasteiger charge is 2.30. The summed E-state index contributed by atoms with van der Waals surface area (Å²) in [6.07, 6.45) is 1.41. The Bertz CT molecular complexity index is 525. The van der Waals surface area contributed by atoms with Crippen LogP contribution in [0, 0.1) is 17.0 Å². The van der Waals surface area contributed by atoms with Crippen molar-refractivity contribution in [3.63, 3.8) is 0 Å². The Morgan fingerprint density at radius 2 is 2.00 bits per heavy atom. The smallest absolute Gasteiger partial charge is 0.322 e. The molecule has 1 amide bonds. The van der Waals surface area contributed by atoms with Crippen molar-refractivity contribution in [1.29, 1.82) is 0 Å². The molecule has 0 aliphatic rings. The van der Waals surface area contributed by atoms with Gasteiger partial charge in [-0.3, -0.25) is 19.6 Å². The molecule has 1 aromatic rings. The molecule has 120 valence electrons. The van der Waals surface area contributed by atoms with Gasteiger partial charge >= 0.3 is 5.69 Å². The van der Waals surface area contributed by atoms with Crippen LogP contribution in [0.25, 0.3) is 0 Å². The highest BCUT2D eigenvalue weighted by molar-refractivity contribution is 5.96. The molecule has 3 N–H and O–H groups in total. The number of rotatable bonds is 6. The summed E-state index contributed by atoms with van der Waals surface area (Å²) >= 11 is 0. The maximum atomic E-state index is 12.2. The summed E-state index contributed by atoms with van der Waals surface area (Å²) in [7, 11) is 1.50. The fourth-order valence-electron chi connectivity index (χ4n) is 1.96. The summed E-state index contributed by atoms with van der Waals surface area (Å²) < 4.78 is 1.22. The second-order valence-corrected chi connectivity index (χ2v) is 4.92. The number of nitrogens with two attached hydrogens (primary N) is 1. The maximum absolute atomic E-state index is 12.2. The second-order valence-electron chi connectivity index (χ2n) is 4.92. The van der Waals surface area contributed by atoms with Crippen molar-refractivity contribution in [2.75, 3.05) is 6.54 Å². The van der Waals surface area contributed by atoms with Gasteiger partial charge in [0.1, 0.15) is 5.69 Å². The fraction of sp³-hybridized carbons (Fsp3) is 0.667. The molecule has 0 saturated heterocycles. The number of amides is 1. The van der Waals surface area contributed by atoms with Gasteiger partial charge in [-0.1, -0.05) is 13.8 Å². The number of aryl methyl sites for hydroxylation is 2. The van der Waals surface area contributed by atoms with E-state index in [1.165, 1.54) is 18.7 Å². The Morgan fingerprint density at radius 1 is 1.48 bits per heavy atom. The number of aromatic nitrogens is 2. The molecule has 0 radical (unpaired) electrons. The van der Waals surface area contributed by atoms with Crippen molar-refractivity contribution < 1.29 is 9.72 Å². The molecule has 0 spiro atoms. The number of hydrogen-bond donors (Lipinski definition) is 2. The Morgan fingerprint density at radius 3 is 2.43 bits per heavy atom. The minimum absolute atomic E-state index is 0. The van der Waals surface area contributed by atoms with Crippen molar-refractivity contribution in [2.24, 2.45) is 12.8 Å². The van der Waals surface area contributed by atoms with Gasteiger partial charge in [-0.25, -0.2) is 0 Å². The molecule has 8 nitrogen and oxygen atoms in total. The van der Waals surface area contributed by atoms with Gasteiger partial charge in [0.15, 0.2) is 0 Å². The lowest BCUT2D eigenvalue weighted by Crippen LogP contribution is -2.49. The van der Waals surface area contributed by atoms with Gasteiger partial charge in [-0.15, -0.1) is 12.4 Å². The summed E-state index contributed by atoms with van der Waals surface area (Å²) in [5.41, 5.74) is 5.49. The van der Waals surface area contributed by atoms with Gasteiger partial charge in [0.25, 0.3) is 5.91 Å². The van der Waals surface area contributed by atoms with E-state index in [1.807, 2.05) is 13.8 Å². The quantitative estimate of drug-likeness (QED) is 0.605. The fourth-order valence-corrected chi connectivity index (χ4v) is 1.96. The first kappa shape index (κ1) is 19.3. The number of carbonyl (C=O) groups is 1. The van der Waals surface area contributed by atoms with Crippen LogP contribution < -0.4 is 11.1 Å². The van der Waals surface area contributed by atoms with Crippen LogP contribution in [0.15, 0.2) is 0 Å². The van der Waals surface area contributed by atoms with Crippen LogP contribution in [-0.4, -0.2) is 32.7 Å². The molecule has 0 fully saturated rings. The third-order valence-electron chi connectivity index (χ3n) is 3.60. The molecule has 1 rings (SSSR count). The van der Waals surface area contributed by atoms with Gasteiger partial charge in [0, 0.05) is 19.1 Å². The molecule has 0 unspecified atom stereocenters. The average molecular weight is 320 g/mol. The van der Waals surface area contributed by atoms with Crippen LogP contribution in [-0.2, 0) is 7.05 Å². The van der Waals surface area contributed by atoms with Gasteiger partial charge < -0.3 is 11.1 Å². The van der Waals surface area contributed by atoms with Crippen LogP contribution in [0.4, 0.5) is 5.69 Å². The van der Waals surface area contributed by atoms with E-state index < -0.39 is 16.4 Å². The van der Waals surface area contributed by atoms with Crippen LogP contribution in [0.3, 0.4) is 0 Å². The molecule has 9 heteroatoms. The Labute approximate surface area is 129 Å². The molecule has 0 aliphatic carbocycles. The highest BCUT2D eigenvalue weighted by Crippen LogP contribution is 2.22. The molecule has 0 bridgehead atoms. The summed E-state index contributed by atoms with van der Waals surface area (Å²) in [5.74, 6) is -0.531. The topological polar surface area (TPSA) is 116 Å². The van der Waals surface area contributed by atoms with E-state index in [9.17, 15) is 14.9 Å². The van der Waals surface area contributed by atoms with Gasteiger partial charge in [0.2, 0.25) is 5.69 Å². The van der Waals surface area contributed by atoms with Crippen molar-refractivity contribution in [2.45, 2.75) is 39.2 Å². The number of carbonyl (C=O) groups excluding carboxylic acids is 1. The van der Waals surface area contributed by atoms with Crippen LogP contribution >= 0.6 is 12.4 Å². The Balaban J connectivity index is 0.00000400. The first-order chi connectivity index (χ1) is 9.25. The zero-order valence-corrected chi connectivity index (χ0v) is 13.5. The molecule has 21 heavy (non-hydrogen) atoms. The molecular formula is C12H22ClN5O3. The van der Waals surface area contributed by atoms with E-state index in [4.69, 9.17) is 5.73 Å².